The second-order valence-electron chi connectivity index (χ2n) is 4.09. The summed E-state index contributed by atoms with van der Waals surface area (Å²) >= 11 is 0. The number of ether oxygens (including phenoxy) is 1. The van der Waals surface area contributed by atoms with Crippen molar-refractivity contribution in [2.45, 2.75) is 38.0 Å². The Morgan fingerprint density at radius 3 is 3.13 bits per heavy atom. The number of amides is 1. The number of nitrogens with two attached hydrogens (primary N) is 1. The molecule has 0 aromatic carbocycles. The van der Waals surface area contributed by atoms with Crippen LogP contribution in [-0.2, 0) is 9.53 Å². The maximum atomic E-state index is 11.3. The van der Waals surface area contributed by atoms with Gasteiger partial charge in [0.05, 0.1) is 12.1 Å². The third-order valence-corrected chi connectivity index (χ3v) is 3.21. The molecule has 2 fully saturated rings. The van der Waals surface area contributed by atoms with Gasteiger partial charge in [0.15, 0.2) is 0 Å². The quantitative estimate of drug-likeness (QED) is 0.578. The minimum Gasteiger partial charge on any atom is -0.376 e. The van der Waals surface area contributed by atoms with Crippen LogP contribution in [0.15, 0.2) is 0 Å². The molecule has 82 valence electrons. The lowest BCUT2D eigenvalue weighted by Crippen LogP contribution is -2.72. The third kappa shape index (κ3) is 1.85. The van der Waals surface area contributed by atoms with Gasteiger partial charge in [-0.05, 0) is 25.7 Å². The summed E-state index contributed by atoms with van der Waals surface area (Å²) in [5, 5.41) is 2.80. The summed E-state index contributed by atoms with van der Waals surface area (Å²) in [6.07, 6.45) is 2.29. The van der Waals surface area contributed by atoms with Crippen LogP contribution in [0.3, 0.4) is 0 Å². The molecule has 0 bridgehead atoms. The maximum Gasteiger partial charge on any atom is 0.296 e. The van der Waals surface area contributed by atoms with Crippen LogP contribution in [0.25, 0.3) is 0 Å². The lowest BCUT2D eigenvalue weighted by molar-refractivity contribution is -0.135. The van der Waals surface area contributed by atoms with Gasteiger partial charge in [-0.1, -0.05) is 5.92 Å². The Kier molecular flexibility index (Phi) is 2.94. The molecule has 0 aromatic heterocycles. The fraction of sp³-hybridized carbons (Fsp3) is 0.727. The van der Waals surface area contributed by atoms with Crippen LogP contribution in [0, 0.1) is 17.8 Å². The molecule has 2 rings (SSSR count). The van der Waals surface area contributed by atoms with Crippen LogP contribution in [0.2, 0.25) is 0 Å². The highest BCUT2D eigenvalue weighted by molar-refractivity contribution is 5.93. The summed E-state index contributed by atoms with van der Waals surface area (Å²) in [6.45, 7) is 2.42. The van der Waals surface area contributed by atoms with E-state index < -0.39 is 0 Å². The Bertz CT molecular complexity index is 318. The monoisotopic (exact) mass is 208 g/mol. The largest absolute Gasteiger partial charge is 0.376 e. The predicted molar refractivity (Wildman–Crippen MR) is 55.8 cm³/mol. The number of carbonyl (C=O) groups is 1. The van der Waals surface area contributed by atoms with Crippen molar-refractivity contribution in [3.8, 4) is 11.8 Å². The first-order valence-corrected chi connectivity index (χ1v) is 5.34. The SMILES string of the molecule is CC#CC(=O)NC1C(N)C2CCCOC21. The summed E-state index contributed by atoms with van der Waals surface area (Å²) in [6, 6.07) is -0.0263. The van der Waals surface area contributed by atoms with Gasteiger partial charge in [0.25, 0.3) is 5.91 Å². The Morgan fingerprint density at radius 1 is 1.60 bits per heavy atom. The summed E-state index contributed by atoms with van der Waals surface area (Å²) in [5.74, 6) is 5.17. The standard InChI is InChI=1S/C11H16N2O2/c1-2-4-8(14)13-10-9(12)7-5-3-6-15-11(7)10/h7,9-11H,3,5-6,12H2,1H3,(H,13,14). The molecule has 4 atom stereocenters. The maximum absolute atomic E-state index is 11.3. The molecular formula is C11H16N2O2. The number of carbonyl (C=O) groups excluding carboxylic acids is 1. The molecule has 3 N–H and O–H groups in total. The highest BCUT2D eigenvalue weighted by atomic mass is 16.5. The van der Waals surface area contributed by atoms with Crippen molar-refractivity contribution in [3.05, 3.63) is 0 Å². The van der Waals surface area contributed by atoms with Crippen LogP contribution in [0.1, 0.15) is 19.8 Å². The zero-order valence-electron chi connectivity index (χ0n) is 8.82. The van der Waals surface area contributed by atoms with Gasteiger partial charge in [0, 0.05) is 18.6 Å². The number of nitrogens with one attached hydrogen (secondary N) is 1. The Labute approximate surface area is 89.5 Å². The van der Waals surface area contributed by atoms with Gasteiger partial charge in [0.1, 0.15) is 0 Å². The Morgan fingerprint density at radius 2 is 2.40 bits per heavy atom. The molecule has 1 saturated carbocycles. The van der Waals surface area contributed by atoms with Crippen molar-refractivity contribution in [1.82, 2.24) is 5.32 Å². The molecule has 4 unspecified atom stereocenters. The van der Waals surface area contributed by atoms with Gasteiger partial charge in [-0.25, -0.2) is 0 Å². The molecule has 1 saturated heterocycles. The molecule has 1 aliphatic heterocycles. The predicted octanol–water partition coefficient (Wildman–Crippen LogP) is -0.369. The highest BCUT2D eigenvalue weighted by Gasteiger charge is 2.50. The van der Waals surface area contributed by atoms with E-state index in [9.17, 15) is 4.79 Å². The zero-order chi connectivity index (χ0) is 10.8. The number of hydrogen-bond donors (Lipinski definition) is 2. The van der Waals surface area contributed by atoms with Gasteiger partial charge in [-0.3, -0.25) is 4.79 Å². The lowest BCUT2D eigenvalue weighted by atomic mass is 9.68. The topological polar surface area (TPSA) is 64.4 Å². The van der Waals surface area contributed by atoms with Crippen molar-refractivity contribution in [1.29, 1.82) is 0 Å². The number of rotatable bonds is 1. The van der Waals surface area contributed by atoms with Crippen LogP contribution in [0.4, 0.5) is 0 Å². The van der Waals surface area contributed by atoms with Crippen LogP contribution < -0.4 is 11.1 Å². The molecular weight excluding hydrogens is 192 g/mol. The minimum absolute atomic E-state index is 0.0258. The molecule has 4 nitrogen and oxygen atoms in total. The van der Waals surface area contributed by atoms with Crippen molar-refractivity contribution in [2.75, 3.05) is 6.61 Å². The van der Waals surface area contributed by atoms with Crippen LogP contribution >= 0.6 is 0 Å². The smallest absolute Gasteiger partial charge is 0.296 e. The lowest BCUT2D eigenvalue weighted by Gasteiger charge is -2.52. The summed E-state index contributed by atoms with van der Waals surface area (Å²) in [7, 11) is 0. The zero-order valence-corrected chi connectivity index (χ0v) is 8.82. The van der Waals surface area contributed by atoms with E-state index in [1.165, 1.54) is 0 Å². The molecule has 1 aliphatic carbocycles. The van der Waals surface area contributed by atoms with Gasteiger partial charge in [-0.2, -0.15) is 0 Å². The first kappa shape index (κ1) is 10.5. The molecule has 0 aromatic rings. The van der Waals surface area contributed by atoms with E-state index in [2.05, 4.69) is 17.2 Å². The molecule has 1 amide bonds. The van der Waals surface area contributed by atoms with E-state index in [0.29, 0.717) is 5.92 Å². The number of hydrogen-bond acceptors (Lipinski definition) is 3. The summed E-state index contributed by atoms with van der Waals surface area (Å²) in [5.41, 5.74) is 5.98. The normalized spacial score (nSPS) is 38.0. The van der Waals surface area contributed by atoms with Gasteiger partial charge in [0.2, 0.25) is 0 Å². The molecule has 0 spiro atoms. The molecule has 4 heteroatoms. The molecule has 1 heterocycles. The first-order chi connectivity index (χ1) is 7.24. The van der Waals surface area contributed by atoms with E-state index in [0.717, 1.165) is 19.4 Å². The molecule has 2 aliphatic rings. The number of fused-ring (bicyclic) bond motifs is 1. The highest BCUT2D eigenvalue weighted by Crippen LogP contribution is 2.36. The Hall–Kier alpha value is -1.05. The molecule has 0 radical (unpaired) electrons. The van der Waals surface area contributed by atoms with Crippen LogP contribution in [-0.4, -0.2) is 30.7 Å². The van der Waals surface area contributed by atoms with E-state index >= 15 is 0 Å². The average molecular weight is 208 g/mol. The van der Waals surface area contributed by atoms with Gasteiger partial charge < -0.3 is 15.8 Å². The summed E-state index contributed by atoms with van der Waals surface area (Å²) in [4.78, 5) is 11.3. The van der Waals surface area contributed by atoms with Crippen molar-refractivity contribution in [2.24, 2.45) is 11.7 Å². The van der Waals surface area contributed by atoms with Gasteiger partial charge in [-0.15, -0.1) is 0 Å². The third-order valence-electron chi connectivity index (χ3n) is 3.21. The van der Waals surface area contributed by atoms with Crippen molar-refractivity contribution >= 4 is 5.91 Å². The Balaban J connectivity index is 1.92. The fourth-order valence-corrected chi connectivity index (χ4v) is 2.43. The van der Waals surface area contributed by atoms with Crippen LogP contribution in [0.5, 0.6) is 0 Å². The van der Waals surface area contributed by atoms with Crippen molar-refractivity contribution < 1.29 is 9.53 Å². The van der Waals surface area contributed by atoms with E-state index in [-0.39, 0.29) is 24.1 Å². The second-order valence-corrected chi connectivity index (χ2v) is 4.09. The average Bonchev–Trinajstić information content (AvgIpc) is 2.26. The summed E-state index contributed by atoms with van der Waals surface area (Å²) < 4.78 is 5.60. The van der Waals surface area contributed by atoms with E-state index in [4.69, 9.17) is 10.5 Å². The van der Waals surface area contributed by atoms with Crippen molar-refractivity contribution in [3.63, 3.8) is 0 Å². The molecule has 15 heavy (non-hydrogen) atoms. The first-order valence-electron chi connectivity index (χ1n) is 5.34. The second kappa shape index (κ2) is 4.21. The van der Waals surface area contributed by atoms with E-state index in [1.807, 2.05) is 0 Å². The fourth-order valence-electron chi connectivity index (χ4n) is 2.43. The van der Waals surface area contributed by atoms with E-state index in [1.54, 1.807) is 6.92 Å². The van der Waals surface area contributed by atoms with Gasteiger partial charge >= 0.3 is 0 Å². The minimum atomic E-state index is -0.259.